The van der Waals surface area contributed by atoms with Crippen LogP contribution in [-0.2, 0) is 7.05 Å². The van der Waals surface area contributed by atoms with Crippen molar-refractivity contribution in [2.45, 2.75) is 0 Å². The zero-order valence-corrected chi connectivity index (χ0v) is 9.19. The summed E-state index contributed by atoms with van der Waals surface area (Å²) in [6.45, 7) is 0. The maximum absolute atomic E-state index is 11.7. The molecule has 5 nitrogen and oxygen atoms in total. The zero-order chi connectivity index (χ0) is 11.7. The summed E-state index contributed by atoms with van der Waals surface area (Å²) in [5.74, 6) is -1.23. The number of carboxylic acid groups (broad SMARTS) is 1. The van der Waals surface area contributed by atoms with E-state index in [0.717, 1.165) is 9.56 Å². The lowest BCUT2D eigenvalue weighted by Gasteiger charge is -2.04. The van der Waals surface area contributed by atoms with Crippen LogP contribution in [0.3, 0.4) is 0 Å². The van der Waals surface area contributed by atoms with E-state index in [9.17, 15) is 9.59 Å². The number of carboxylic acids is 1. The Morgan fingerprint density at radius 3 is 2.88 bits per heavy atom. The average molecular weight is 236 g/mol. The SMILES string of the molecule is Cn1ncc(-c2cccs2)c(C(=O)O)c1=O. The summed E-state index contributed by atoms with van der Waals surface area (Å²) in [4.78, 5) is 23.4. The summed E-state index contributed by atoms with van der Waals surface area (Å²) < 4.78 is 1.01. The predicted octanol–water partition coefficient (Wildman–Crippen LogP) is 1.21. The summed E-state index contributed by atoms with van der Waals surface area (Å²) in [6, 6.07) is 3.55. The maximum Gasteiger partial charge on any atom is 0.342 e. The normalized spacial score (nSPS) is 10.3. The molecule has 0 aromatic carbocycles. The topological polar surface area (TPSA) is 72.2 Å². The predicted molar refractivity (Wildman–Crippen MR) is 59.8 cm³/mol. The number of hydrogen-bond donors (Lipinski definition) is 1. The molecule has 0 spiro atoms. The van der Waals surface area contributed by atoms with Gasteiger partial charge in [-0.15, -0.1) is 11.3 Å². The van der Waals surface area contributed by atoms with E-state index in [2.05, 4.69) is 5.10 Å². The van der Waals surface area contributed by atoms with Crippen LogP contribution in [-0.4, -0.2) is 20.9 Å². The van der Waals surface area contributed by atoms with Gasteiger partial charge in [0.2, 0.25) is 0 Å². The van der Waals surface area contributed by atoms with Crippen molar-refractivity contribution in [1.82, 2.24) is 9.78 Å². The minimum atomic E-state index is -1.23. The molecule has 0 saturated heterocycles. The Morgan fingerprint density at radius 2 is 2.31 bits per heavy atom. The van der Waals surface area contributed by atoms with E-state index in [1.54, 1.807) is 12.1 Å². The monoisotopic (exact) mass is 236 g/mol. The minimum Gasteiger partial charge on any atom is -0.477 e. The smallest absolute Gasteiger partial charge is 0.342 e. The highest BCUT2D eigenvalue weighted by Crippen LogP contribution is 2.25. The molecule has 0 saturated carbocycles. The molecule has 2 heterocycles. The standard InChI is InChI=1S/C10H8N2O3S/c1-12-9(13)8(10(14)15)6(5-11-12)7-3-2-4-16-7/h2-5H,1H3,(H,14,15). The molecule has 2 aromatic rings. The van der Waals surface area contributed by atoms with E-state index in [-0.39, 0.29) is 5.56 Å². The second kappa shape index (κ2) is 3.90. The van der Waals surface area contributed by atoms with Gasteiger partial charge in [-0.1, -0.05) is 6.07 Å². The van der Waals surface area contributed by atoms with Gasteiger partial charge in [0.05, 0.1) is 6.20 Å². The Morgan fingerprint density at radius 1 is 1.56 bits per heavy atom. The number of rotatable bonds is 2. The number of aromatic carboxylic acids is 1. The van der Waals surface area contributed by atoms with Gasteiger partial charge in [0.25, 0.3) is 5.56 Å². The van der Waals surface area contributed by atoms with Gasteiger partial charge in [0.15, 0.2) is 0 Å². The molecule has 2 rings (SSSR count). The minimum absolute atomic E-state index is 0.236. The highest BCUT2D eigenvalue weighted by molar-refractivity contribution is 7.13. The number of aryl methyl sites for hydroxylation is 1. The Bertz CT molecular complexity index is 587. The first kappa shape index (κ1) is 10.6. The van der Waals surface area contributed by atoms with Gasteiger partial charge >= 0.3 is 5.97 Å². The molecule has 2 aromatic heterocycles. The fourth-order valence-electron chi connectivity index (χ4n) is 1.36. The quantitative estimate of drug-likeness (QED) is 0.850. The fourth-order valence-corrected chi connectivity index (χ4v) is 2.11. The first-order valence-electron chi connectivity index (χ1n) is 4.44. The molecule has 0 bridgehead atoms. The average Bonchev–Trinajstić information content (AvgIpc) is 2.74. The largest absolute Gasteiger partial charge is 0.477 e. The van der Waals surface area contributed by atoms with Crippen LogP contribution in [0.1, 0.15) is 10.4 Å². The highest BCUT2D eigenvalue weighted by atomic mass is 32.1. The van der Waals surface area contributed by atoms with E-state index in [1.807, 2.05) is 5.38 Å². The van der Waals surface area contributed by atoms with Crippen molar-refractivity contribution in [3.63, 3.8) is 0 Å². The van der Waals surface area contributed by atoms with Gasteiger partial charge in [-0.25, -0.2) is 9.48 Å². The van der Waals surface area contributed by atoms with Crippen LogP contribution in [0.4, 0.5) is 0 Å². The van der Waals surface area contributed by atoms with Crippen LogP contribution >= 0.6 is 11.3 Å². The van der Waals surface area contributed by atoms with Crippen LogP contribution in [0.5, 0.6) is 0 Å². The number of carbonyl (C=O) groups is 1. The maximum atomic E-state index is 11.7. The van der Waals surface area contributed by atoms with Crippen LogP contribution in [0.2, 0.25) is 0 Å². The van der Waals surface area contributed by atoms with Gasteiger partial charge in [-0.3, -0.25) is 4.79 Å². The summed E-state index contributed by atoms with van der Waals surface area (Å²) in [6.07, 6.45) is 1.40. The Labute approximate surface area is 94.6 Å². The van der Waals surface area contributed by atoms with Crippen LogP contribution in [0.25, 0.3) is 10.4 Å². The first-order valence-corrected chi connectivity index (χ1v) is 5.32. The van der Waals surface area contributed by atoms with Crippen LogP contribution in [0.15, 0.2) is 28.5 Å². The lowest BCUT2D eigenvalue weighted by Crippen LogP contribution is -2.26. The summed E-state index contributed by atoms with van der Waals surface area (Å²) in [5, 5.41) is 14.7. The molecule has 0 radical (unpaired) electrons. The molecule has 16 heavy (non-hydrogen) atoms. The van der Waals surface area contributed by atoms with Crippen molar-refractivity contribution in [3.05, 3.63) is 39.6 Å². The van der Waals surface area contributed by atoms with Crippen LogP contribution in [0, 0.1) is 0 Å². The molecule has 0 unspecified atom stereocenters. The van der Waals surface area contributed by atoms with Gasteiger partial charge in [-0.05, 0) is 11.4 Å². The lowest BCUT2D eigenvalue weighted by atomic mass is 10.1. The molecule has 0 aliphatic heterocycles. The number of aromatic nitrogens is 2. The van der Waals surface area contributed by atoms with Crippen molar-refractivity contribution in [3.8, 4) is 10.4 Å². The Balaban J connectivity index is 2.77. The van der Waals surface area contributed by atoms with Crippen molar-refractivity contribution < 1.29 is 9.90 Å². The Kier molecular flexibility index (Phi) is 2.57. The second-order valence-corrected chi connectivity index (χ2v) is 4.09. The number of thiophene rings is 1. The summed E-state index contributed by atoms with van der Waals surface area (Å²) in [7, 11) is 1.42. The van der Waals surface area contributed by atoms with E-state index >= 15 is 0 Å². The molecule has 0 aliphatic carbocycles. The van der Waals surface area contributed by atoms with Gasteiger partial charge in [0.1, 0.15) is 5.56 Å². The zero-order valence-electron chi connectivity index (χ0n) is 8.38. The van der Waals surface area contributed by atoms with Crippen molar-refractivity contribution >= 4 is 17.3 Å². The molecule has 82 valence electrons. The van der Waals surface area contributed by atoms with E-state index in [0.29, 0.717) is 5.56 Å². The first-order chi connectivity index (χ1) is 7.61. The van der Waals surface area contributed by atoms with E-state index in [4.69, 9.17) is 5.11 Å². The third-order valence-corrected chi connectivity index (χ3v) is 3.04. The fraction of sp³-hybridized carbons (Fsp3) is 0.100. The lowest BCUT2D eigenvalue weighted by molar-refractivity contribution is 0.0695. The molecule has 6 heteroatoms. The van der Waals surface area contributed by atoms with Gasteiger partial charge < -0.3 is 5.11 Å². The van der Waals surface area contributed by atoms with Crippen molar-refractivity contribution in [2.24, 2.45) is 7.05 Å². The molecule has 0 amide bonds. The summed E-state index contributed by atoms with van der Waals surface area (Å²) in [5.41, 5.74) is -0.469. The highest BCUT2D eigenvalue weighted by Gasteiger charge is 2.18. The van der Waals surface area contributed by atoms with Crippen LogP contribution < -0.4 is 5.56 Å². The third-order valence-electron chi connectivity index (χ3n) is 2.14. The molecule has 1 N–H and O–H groups in total. The second-order valence-electron chi connectivity index (χ2n) is 3.14. The molecule has 0 fully saturated rings. The van der Waals surface area contributed by atoms with Gasteiger partial charge in [-0.2, -0.15) is 5.10 Å². The van der Waals surface area contributed by atoms with Gasteiger partial charge in [0, 0.05) is 17.5 Å². The van der Waals surface area contributed by atoms with Crippen molar-refractivity contribution in [1.29, 1.82) is 0 Å². The third kappa shape index (κ3) is 1.63. The Hall–Kier alpha value is -1.95. The number of hydrogen-bond acceptors (Lipinski definition) is 4. The van der Waals surface area contributed by atoms with E-state index in [1.165, 1.54) is 24.6 Å². The van der Waals surface area contributed by atoms with Crippen molar-refractivity contribution in [2.75, 3.05) is 0 Å². The number of nitrogens with zero attached hydrogens (tertiary/aromatic N) is 2. The molecular formula is C10H8N2O3S. The molecule has 0 atom stereocenters. The molecule has 0 aliphatic rings. The molecular weight excluding hydrogens is 228 g/mol. The van der Waals surface area contributed by atoms with E-state index < -0.39 is 11.5 Å². The summed E-state index contributed by atoms with van der Waals surface area (Å²) >= 11 is 1.37.